The molecule has 2 N–H and O–H groups in total. The normalized spacial score (nSPS) is 23.6. The maximum absolute atomic E-state index is 11.8. The van der Waals surface area contributed by atoms with Crippen molar-refractivity contribution in [2.45, 2.75) is 32.3 Å². The van der Waals surface area contributed by atoms with E-state index < -0.39 is 17.5 Å². The number of benzene rings is 1. The van der Waals surface area contributed by atoms with E-state index in [1.54, 1.807) is 0 Å². The monoisotopic (exact) mass is 384 g/mol. The summed E-state index contributed by atoms with van der Waals surface area (Å²) in [5.74, 6) is 1.23. The van der Waals surface area contributed by atoms with Crippen LogP contribution in [0.2, 0.25) is 0 Å². The predicted molar refractivity (Wildman–Crippen MR) is 104 cm³/mol. The Balaban J connectivity index is 1.56. The van der Waals surface area contributed by atoms with Crippen LogP contribution in [0.4, 0.5) is 5.82 Å². The summed E-state index contributed by atoms with van der Waals surface area (Å²) in [5.41, 5.74) is 0.628. The molecule has 3 heterocycles. The van der Waals surface area contributed by atoms with Crippen LogP contribution < -0.4 is 14.4 Å². The Morgan fingerprint density at radius 3 is 2.86 bits per heavy atom. The topological polar surface area (TPSA) is 92.1 Å². The van der Waals surface area contributed by atoms with Gasteiger partial charge >= 0.3 is 5.97 Å². The standard InChI is InChI=1S/C21H24N2O5/c1-2-8-21(20(25)26)9-10-23(12-18(21)24)19-5-3-4-15(22-19)14-6-7-16-17(11-14)28-13-27-16/h3-7,11,18,24H,2,8-10,12-13H2,1H3,(H,25,26)/t18-,21-/m0/s1. The molecule has 0 radical (unpaired) electrons. The van der Waals surface area contributed by atoms with Crippen LogP contribution in [-0.2, 0) is 4.79 Å². The minimum Gasteiger partial charge on any atom is -0.481 e. The van der Waals surface area contributed by atoms with Gasteiger partial charge in [0.2, 0.25) is 6.79 Å². The first-order valence-corrected chi connectivity index (χ1v) is 9.57. The number of nitrogens with zero attached hydrogens (tertiary/aromatic N) is 2. The number of piperidine rings is 1. The van der Waals surface area contributed by atoms with Crippen LogP contribution in [0.15, 0.2) is 36.4 Å². The highest BCUT2D eigenvalue weighted by molar-refractivity contribution is 5.76. The van der Waals surface area contributed by atoms with Gasteiger partial charge in [0.25, 0.3) is 0 Å². The summed E-state index contributed by atoms with van der Waals surface area (Å²) >= 11 is 0. The number of carboxylic acids is 1. The second-order valence-electron chi connectivity index (χ2n) is 7.37. The lowest BCUT2D eigenvalue weighted by Crippen LogP contribution is -2.55. The zero-order valence-corrected chi connectivity index (χ0v) is 15.8. The summed E-state index contributed by atoms with van der Waals surface area (Å²) in [6.07, 6.45) is 0.658. The molecule has 7 heteroatoms. The minimum atomic E-state index is -1.07. The van der Waals surface area contributed by atoms with Crippen LogP contribution in [0, 0.1) is 5.41 Å². The van der Waals surface area contributed by atoms with Gasteiger partial charge in [-0.25, -0.2) is 4.98 Å². The fraction of sp³-hybridized carbons (Fsp3) is 0.429. The van der Waals surface area contributed by atoms with Gasteiger partial charge in [-0.05, 0) is 43.2 Å². The number of pyridine rings is 1. The van der Waals surface area contributed by atoms with Gasteiger partial charge in [0.05, 0.1) is 17.2 Å². The van der Waals surface area contributed by atoms with Gasteiger partial charge in [0.15, 0.2) is 11.5 Å². The molecule has 1 fully saturated rings. The Hall–Kier alpha value is -2.80. The van der Waals surface area contributed by atoms with Gasteiger partial charge in [-0.1, -0.05) is 19.4 Å². The van der Waals surface area contributed by atoms with E-state index >= 15 is 0 Å². The number of aliphatic hydroxyl groups is 1. The van der Waals surface area contributed by atoms with Gasteiger partial charge < -0.3 is 24.6 Å². The molecule has 7 nitrogen and oxygen atoms in total. The van der Waals surface area contributed by atoms with Crippen LogP contribution in [0.1, 0.15) is 26.2 Å². The van der Waals surface area contributed by atoms with Gasteiger partial charge in [-0.2, -0.15) is 0 Å². The summed E-state index contributed by atoms with van der Waals surface area (Å²) < 4.78 is 10.8. The molecule has 1 saturated heterocycles. The van der Waals surface area contributed by atoms with E-state index in [1.165, 1.54) is 0 Å². The number of aliphatic hydroxyl groups excluding tert-OH is 1. The molecule has 0 spiro atoms. The fourth-order valence-corrected chi connectivity index (χ4v) is 4.09. The number of carboxylic acid groups (broad SMARTS) is 1. The Morgan fingerprint density at radius 1 is 1.29 bits per heavy atom. The Bertz CT molecular complexity index is 887. The van der Waals surface area contributed by atoms with Gasteiger partial charge in [0, 0.05) is 18.7 Å². The van der Waals surface area contributed by atoms with E-state index in [-0.39, 0.29) is 13.3 Å². The Morgan fingerprint density at radius 2 is 2.11 bits per heavy atom. The van der Waals surface area contributed by atoms with E-state index in [4.69, 9.17) is 14.5 Å². The molecule has 2 aliphatic rings. The zero-order chi connectivity index (χ0) is 19.7. The molecule has 0 unspecified atom stereocenters. The van der Waals surface area contributed by atoms with E-state index in [0.29, 0.717) is 25.1 Å². The smallest absolute Gasteiger partial charge is 0.312 e. The molecule has 0 saturated carbocycles. The third-order valence-electron chi connectivity index (χ3n) is 5.71. The lowest BCUT2D eigenvalue weighted by atomic mass is 9.73. The van der Waals surface area contributed by atoms with Crippen molar-refractivity contribution in [3.05, 3.63) is 36.4 Å². The Kier molecular flexibility index (Phi) is 4.85. The number of β-amino-alcohol motifs (C(OH)–C–C–N with tert-alkyl or cyclic N) is 1. The summed E-state index contributed by atoms with van der Waals surface area (Å²) in [6, 6.07) is 11.4. The molecule has 28 heavy (non-hydrogen) atoms. The molecule has 0 bridgehead atoms. The van der Waals surface area contributed by atoms with Crippen molar-refractivity contribution < 1.29 is 24.5 Å². The first-order chi connectivity index (χ1) is 13.5. The lowest BCUT2D eigenvalue weighted by Gasteiger charge is -2.43. The van der Waals surface area contributed by atoms with Crippen molar-refractivity contribution in [3.8, 4) is 22.8 Å². The van der Waals surface area contributed by atoms with Crippen molar-refractivity contribution in [2.24, 2.45) is 5.41 Å². The number of ether oxygens (including phenoxy) is 2. The number of aliphatic carboxylic acids is 1. The van der Waals surface area contributed by atoms with Gasteiger partial charge in [-0.15, -0.1) is 0 Å². The first kappa shape index (κ1) is 18.6. The van der Waals surface area contributed by atoms with Crippen molar-refractivity contribution in [1.82, 2.24) is 4.98 Å². The summed E-state index contributed by atoms with van der Waals surface area (Å²) in [6.45, 7) is 2.96. The van der Waals surface area contributed by atoms with Crippen LogP contribution >= 0.6 is 0 Å². The van der Waals surface area contributed by atoms with Gasteiger partial charge in [-0.3, -0.25) is 4.79 Å². The van der Waals surface area contributed by atoms with Crippen LogP contribution in [0.3, 0.4) is 0 Å². The largest absolute Gasteiger partial charge is 0.481 e. The molecule has 148 valence electrons. The minimum absolute atomic E-state index is 0.223. The van der Waals surface area contributed by atoms with E-state index in [2.05, 4.69) is 0 Å². The zero-order valence-electron chi connectivity index (χ0n) is 15.8. The molecule has 4 rings (SSSR count). The average molecular weight is 384 g/mol. The average Bonchev–Trinajstić information content (AvgIpc) is 3.17. The molecule has 2 aromatic rings. The third-order valence-corrected chi connectivity index (χ3v) is 5.71. The number of hydrogen-bond donors (Lipinski definition) is 2. The number of hydrogen-bond acceptors (Lipinski definition) is 6. The third kappa shape index (κ3) is 3.16. The quantitative estimate of drug-likeness (QED) is 0.819. The second kappa shape index (κ2) is 7.31. The highest BCUT2D eigenvalue weighted by Crippen LogP contribution is 2.39. The van der Waals surface area contributed by atoms with E-state index in [0.717, 1.165) is 29.2 Å². The van der Waals surface area contributed by atoms with E-state index in [9.17, 15) is 15.0 Å². The van der Waals surface area contributed by atoms with Crippen molar-refractivity contribution in [1.29, 1.82) is 0 Å². The SMILES string of the molecule is CCC[C@]1(C(=O)O)CCN(c2cccc(-c3ccc4c(c3)OCO4)n2)C[C@@H]1O. The van der Waals surface area contributed by atoms with E-state index in [1.807, 2.05) is 48.2 Å². The van der Waals surface area contributed by atoms with Crippen LogP contribution in [0.5, 0.6) is 11.5 Å². The van der Waals surface area contributed by atoms with Gasteiger partial charge in [0.1, 0.15) is 5.82 Å². The van der Waals surface area contributed by atoms with Crippen LogP contribution in [-0.4, -0.2) is 47.2 Å². The summed E-state index contributed by atoms with van der Waals surface area (Å²) in [4.78, 5) is 18.5. The number of aromatic nitrogens is 1. The Labute approximate surface area is 163 Å². The van der Waals surface area contributed by atoms with Crippen molar-refractivity contribution in [3.63, 3.8) is 0 Å². The number of anilines is 1. The fourth-order valence-electron chi connectivity index (χ4n) is 4.09. The summed E-state index contributed by atoms with van der Waals surface area (Å²) in [7, 11) is 0. The lowest BCUT2D eigenvalue weighted by molar-refractivity contribution is -0.159. The highest BCUT2D eigenvalue weighted by atomic mass is 16.7. The molecule has 0 amide bonds. The maximum Gasteiger partial charge on any atom is 0.312 e. The molecular weight excluding hydrogens is 360 g/mol. The maximum atomic E-state index is 11.8. The molecule has 0 aliphatic carbocycles. The van der Waals surface area contributed by atoms with Crippen LogP contribution in [0.25, 0.3) is 11.3 Å². The highest BCUT2D eigenvalue weighted by Gasteiger charge is 2.48. The van der Waals surface area contributed by atoms with Crippen molar-refractivity contribution in [2.75, 3.05) is 24.8 Å². The first-order valence-electron chi connectivity index (χ1n) is 9.57. The molecule has 2 atom stereocenters. The van der Waals surface area contributed by atoms with Crippen molar-refractivity contribution >= 4 is 11.8 Å². The molecule has 1 aromatic carbocycles. The summed E-state index contributed by atoms with van der Waals surface area (Å²) in [5, 5.41) is 20.4. The molecule has 1 aromatic heterocycles. The predicted octanol–water partition coefficient (Wildman–Crippen LogP) is 2.92. The number of rotatable bonds is 5. The second-order valence-corrected chi connectivity index (χ2v) is 7.37. The molecular formula is C21H24N2O5. The number of carbonyl (C=O) groups is 1. The number of fused-ring (bicyclic) bond motifs is 1. The molecule has 2 aliphatic heterocycles.